The molecule has 0 unspecified atom stereocenters. The van der Waals surface area contributed by atoms with E-state index in [0.717, 1.165) is 29.1 Å². The predicted octanol–water partition coefficient (Wildman–Crippen LogP) is 4.65. The zero-order valence-corrected chi connectivity index (χ0v) is 20.4. The Hall–Kier alpha value is -3.91. The summed E-state index contributed by atoms with van der Waals surface area (Å²) < 4.78 is 5.32. The van der Waals surface area contributed by atoms with E-state index in [0.29, 0.717) is 6.61 Å². The minimum absolute atomic E-state index is 0.602. The van der Waals surface area contributed by atoms with Crippen LogP contribution in [0.15, 0.2) is 71.9 Å². The maximum atomic E-state index is 9.10. The van der Waals surface area contributed by atoms with Crippen molar-refractivity contribution < 1.29 is 29.4 Å². The van der Waals surface area contributed by atoms with Gasteiger partial charge in [0, 0.05) is 17.7 Å². The molecule has 190 valence electrons. The number of rotatable bonds is 7. The Labute approximate surface area is 210 Å². The first-order valence-electron chi connectivity index (χ1n) is 12.0. The number of hydrogen-bond donors (Lipinski definition) is 2. The molecule has 1 saturated heterocycles. The fraction of sp³-hybridized carbons (Fsp3) is 0.321. The molecule has 4 rings (SSSR count). The molecular weight excluding hydrogens is 460 g/mol. The molecule has 1 aliphatic rings. The predicted molar refractivity (Wildman–Crippen MR) is 139 cm³/mol. The maximum Gasteiger partial charge on any atom is 0.414 e. The molecule has 36 heavy (non-hydrogen) atoms. The highest BCUT2D eigenvalue weighted by Gasteiger charge is 2.13. The van der Waals surface area contributed by atoms with Gasteiger partial charge in [0.15, 0.2) is 0 Å². The molecule has 8 nitrogen and oxygen atoms in total. The molecule has 0 aromatic heterocycles. The van der Waals surface area contributed by atoms with Gasteiger partial charge in [-0.1, -0.05) is 60.5 Å². The van der Waals surface area contributed by atoms with Crippen LogP contribution in [-0.4, -0.2) is 66.1 Å². The second kappa shape index (κ2) is 13.8. The number of aliphatic carboxylic acids is 2. The van der Waals surface area contributed by atoms with Gasteiger partial charge in [-0.3, -0.25) is 4.90 Å². The average molecular weight is 493 g/mol. The Balaban J connectivity index is 0.000000538. The van der Waals surface area contributed by atoms with Gasteiger partial charge < -0.3 is 19.8 Å². The summed E-state index contributed by atoms with van der Waals surface area (Å²) in [6.45, 7) is 3.86. The van der Waals surface area contributed by atoms with Crippen molar-refractivity contribution in [2.75, 3.05) is 33.4 Å². The van der Waals surface area contributed by atoms with Gasteiger partial charge in [-0.15, -0.1) is 0 Å². The minimum atomic E-state index is -1.82. The Kier molecular flexibility index (Phi) is 10.3. The van der Waals surface area contributed by atoms with Crippen LogP contribution in [0.25, 0.3) is 10.8 Å². The van der Waals surface area contributed by atoms with Gasteiger partial charge in [0.1, 0.15) is 18.1 Å². The molecule has 0 amide bonds. The highest BCUT2D eigenvalue weighted by Crippen LogP contribution is 2.23. The monoisotopic (exact) mass is 492 g/mol. The summed E-state index contributed by atoms with van der Waals surface area (Å²) in [6.07, 6.45) is 5.27. The molecule has 2 N–H and O–H groups in total. The molecule has 3 aromatic carbocycles. The van der Waals surface area contributed by atoms with Gasteiger partial charge in [0.05, 0.1) is 7.11 Å². The summed E-state index contributed by atoms with van der Waals surface area (Å²) in [5, 5.41) is 21.8. The van der Waals surface area contributed by atoms with E-state index in [1.54, 1.807) is 7.11 Å². The fourth-order valence-electron chi connectivity index (χ4n) is 4.08. The average Bonchev–Trinajstić information content (AvgIpc) is 3.18. The zero-order valence-electron chi connectivity index (χ0n) is 20.4. The van der Waals surface area contributed by atoms with E-state index >= 15 is 0 Å². The van der Waals surface area contributed by atoms with Crippen molar-refractivity contribution in [3.63, 3.8) is 0 Å². The van der Waals surface area contributed by atoms with Crippen molar-refractivity contribution in [2.45, 2.75) is 25.7 Å². The van der Waals surface area contributed by atoms with Crippen molar-refractivity contribution in [2.24, 2.45) is 5.16 Å². The van der Waals surface area contributed by atoms with Gasteiger partial charge in [0.2, 0.25) is 0 Å². The van der Waals surface area contributed by atoms with E-state index < -0.39 is 11.9 Å². The van der Waals surface area contributed by atoms with Gasteiger partial charge in [-0.25, -0.2) is 9.59 Å². The van der Waals surface area contributed by atoms with Crippen LogP contribution in [0.1, 0.15) is 36.8 Å². The third kappa shape index (κ3) is 7.81. The second-order valence-electron chi connectivity index (χ2n) is 8.39. The maximum absolute atomic E-state index is 9.10. The van der Waals surface area contributed by atoms with Crippen LogP contribution in [0, 0.1) is 0 Å². The van der Waals surface area contributed by atoms with Crippen LogP contribution in [0.4, 0.5) is 0 Å². The van der Waals surface area contributed by atoms with Crippen molar-refractivity contribution in [3.8, 4) is 5.75 Å². The van der Waals surface area contributed by atoms with Gasteiger partial charge >= 0.3 is 11.9 Å². The lowest BCUT2D eigenvalue weighted by molar-refractivity contribution is -0.159. The second-order valence-corrected chi connectivity index (χ2v) is 8.39. The molecule has 0 atom stereocenters. The van der Waals surface area contributed by atoms with E-state index in [4.69, 9.17) is 29.4 Å². The number of methoxy groups -OCH3 is 1. The van der Waals surface area contributed by atoms with Crippen molar-refractivity contribution in [1.82, 2.24) is 4.90 Å². The lowest BCUT2D eigenvalue weighted by atomic mass is 9.96. The number of benzene rings is 3. The van der Waals surface area contributed by atoms with Crippen LogP contribution in [-0.2, 0) is 14.4 Å². The molecule has 0 bridgehead atoms. The first kappa shape index (κ1) is 26.7. The van der Waals surface area contributed by atoms with E-state index in [1.807, 2.05) is 24.3 Å². The number of hydrogen-bond acceptors (Lipinski definition) is 6. The van der Waals surface area contributed by atoms with Gasteiger partial charge in [0.25, 0.3) is 0 Å². The number of carboxylic acid groups (broad SMARTS) is 2. The van der Waals surface area contributed by atoms with Crippen molar-refractivity contribution >= 4 is 28.4 Å². The summed E-state index contributed by atoms with van der Waals surface area (Å²) in [4.78, 5) is 26.6. The zero-order chi connectivity index (χ0) is 25.8. The van der Waals surface area contributed by atoms with Crippen LogP contribution < -0.4 is 4.74 Å². The molecule has 0 aliphatic carbocycles. The number of carboxylic acids is 2. The van der Waals surface area contributed by atoms with E-state index in [1.165, 1.54) is 49.5 Å². The highest BCUT2D eigenvalue weighted by molar-refractivity contribution is 6.27. The van der Waals surface area contributed by atoms with Gasteiger partial charge in [-0.05, 0) is 61.0 Å². The van der Waals surface area contributed by atoms with E-state index in [9.17, 15) is 0 Å². The van der Waals surface area contributed by atoms with Crippen LogP contribution in [0.2, 0.25) is 0 Å². The Morgan fingerprint density at radius 2 is 1.50 bits per heavy atom. The quantitative estimate of drug-likeness (QED) is 0.214. The van der Waals surface area contributed by atoms with Crippen LogP contribution in [0.5, 0.6) is 5.75 Å². The molecule has 8 heteroatoms. The SMILES string of the molecule is COc1ccc(C(=NOCCN2CCCCCC2)c2cccc3ccccc23)cc1.O=C(O)C(=O)O. The molecule has 0 saturated carbocycles. The van der Waals surface area contributed by atoms with Gasteiger partial charge in [-0.2, -0.15) is 0 Å². The number of nitrogens with zero attached hydrogens (tertiary/aromatic N) is 2. The molecule has 0 radical (unpaired) electrons. The lowest BCUT2D eigenvalue weighted by Gasteiger charge is -2.18. The molecule has 1 fully saturated rings. The number of oxime groups is 1. The third-order valence-corrected chi connectivity index (χ3v) is 5.94. The van der Waals surface area contributed by atoms with E-state index in [-0.39, 0.29) is 0 Å². The number of carbonyl (C=O) groups is 2. The minimum Gasteiger partial charge on any atom is -0.497 e. The third-order valence-electron chi connectivity index (χ3n) is 5.94. The van der Waals surface area contributed by atoms with E-state index in [2.05, 4.69) is 52.5 Å². The standard InChI is InChI=1S/C26H30N2O2.C2H2O4/c1-29-23-15-13-22(14-16-23)26(25-12-8-10-21-9-4-5-11-24(21)25)27-30-20-19-28-17-6-2-3-7-18-28;3-1(4)2(5)6/h4-5,8-16H,2-3,6-7,17-20H2,1H3;(H,3,4)(H,5,6). The summed E-state index contributed by atoms with van der Waals surface area (Å²) in [5.74, 6) is -2.82. The van der Waals surface area contributed by atoms with Crippen LogP contribution in [0.3, 0.4) is 0 Å². The Morgan fingerprint density at radius 1 is 0.861 bits per heavy atom. The fourth-order valence-corrected chi connectivity index (χ4v) is 4.08. The highest BCUT2D eigenvalue weighted by atomic mass is 16.6. The molecule has 1 aliphatic heterocycles. The van der Waals surface area contributed by atoms with Crippen LogP contribution >= 0.6 is 0 Å². The van der Waals surface area contributed by atoms with Crippen molar-refractivity contribution in [1.29, 1.82) is 0 Å². The first-order valence-corrected chi connectivity index (χ1v) is 12.0. The molecule has 3 aromatic rings. The molecule has 1 heterocycles. The number of fused-ring (bicyclic) bond motifs is 1. The summed E-state index contributed by atoms with van der Waals surface area (Å²) >= 11 is 0. The number of likely N-dealkylation sites (tertiary alicyclic amines) is 1. The topological polar surface area (TPSA) is 109 Å². The molecule has 0 spiro atoms. The Morgan fingerprint density at radius 3 is 2.14 bits per heavy atom. The first-order chi connectivity index (χ1) is 17.5. The summed E-state index contributed by atoms with van der Waals surface area (Å²) in [5.41, 5.74) is 2.94. The largest absolute Gasteiger partial charge is 0.497 e. The summed E-state index contributed by atoms with van der Waals surface area (Å²) in [7, 11) is 1.68. The van der Waals surface area contributed by atoms with Crippen molar-refractivity contribution in [3.05, 3.63) is 77.9 Å². The normalized spacial score (nSPS) is 14.3. The smallest absolute Gasteiger partial charge is 0.414 e. The summed E-state index contributed by atoms with van der Waals surface area (Å²) in [6, 6.07) is 22.7. The number of ether oxygens (including phenoxy) is 1. The molecular formula is C28H32N2O6. The lowest BCUT2D eigenvalue weighted by Crippen LogP contribution is -2.28. The Bertz CT molecular complexity index is 1150.